The van der Waals surface area contributed by atoms with Crippen molar-refractivity contribution in [2.45, 2.75) is 53.2 Å². The highest BCUT2D eigenvalue weighted by atomic mass is 16.3. The Morgan fingerprint density at radius 2 is 1.83 bits per heavy atom. The van der Waals surface area contributed by atoms with Crippen molar-refractivity contribution in [3.8, 4) is 0 Å². The Hall–Kier alpha value is -0.610. The lowest BCUT2D eigenvalue weighted by atomic mass is 9.80. The molecule has 0 aliphatic carbocycles. The third kappa shape index (κ3) is 4.94. The largest absolute Gasteiger partial charge is 0.392 e. The highest BCUT2D eigenvalue weighted by Crippen LogP contribution is 2.25. The summed E-state index contributed by atoms with van der Waals surface area (Å²) < 4.78 is 0. The first-order valence-corrected chi connectivity index (χ1v) is 6.75. The van der Waals surface area contributed by atoms with Crippen LogP contribution in [0.25, 0.3) is 0 Å². The maximum absolute atomic E-state index is 12.0. The maximum Gasteiger partial charge on any atom is 0.237 e. The fraction of sp³-hybridized carbons (Fsp3) is 0.929. The first-order valence-electron chi connectivity index (χ1n) is 6.75. The molecule has 2 unspecified atom stereocenters. The molecular formula is C14H30N2O2. The average Bonchev–Trinajstić information content (AvgIpc) is 2.25. The molecule has 0 radical (unpaired) electrons. The van der Waals surface area contributed by atoms with Gasteiger partial charge in [0.05, 0.1) is 12.1 Å². The summed E-state index contributed by atoms with van der Waals surface area (Å²) in [5.41, 5.74) is -0.311. The molecule has 0 aromatic carbocycles. The van der Waals surface area contributed by atoms with E-state index in [9.17, 15) is 9.90 Å². The van der Waals surface area contributed by atoms with E-state index in [1.54, 1.807) is 0 Å². The van der Waals surface area contributed by atoms with Crippen LogP contribution in [-0.2, 0) is 4.79 Å². The topological polar surface area (TPSA) is 52.6 Å². The second-order valence-corrected chi connectivity index (χ2v) is 6.28. The molecule has 108 valence electrons. The second kappa shape index (κ2) is 7.10. The number of aliphatic hydroxyl groups is 1. The fourth-order valence-corrected chi connectivity index (χ4v) is 2.22. The van der Waals surface area contributed by atoms with Crippen molar-refractivity contribution < 1.29 is 9.90 Å². The Morgan fingerprint density at radius 1 is 1.33 bits per heavy atom. The van der Waals surface area contributed by atoms with E-state index >= 15 is 0 Å². The van der Waals surface area contributed by atoms with Crippen molar-refractivity contribution in [3.63, 3.8) is 0 Å². The van der Waals surface area contributed by atoms with E-state index in [1.807, 2.05) is 53.6 Å². The maximum atomic E-state index is 12.0. The monoisotopic (exact) mass is 258 g/mol. The van der Waals surface area contributed by atoms with Crippen LogP contribution >= 0.6 is 0 Å². The van der Waals surface area contributed by atoms with Gasteiger partial charge in [-0.2, -0.15) is 0 Å². The van der Waals surface area contributed by atoms with E-state index in [2.05, 4.69) is 5.32 Å². The summed E-state index contributed by atoms with van der Waals surface area (Å²) in [6, 6.07) is -0.100. The molecule has 0 aromatic rings. The van der Waals surface area contributed by atoms with Crippen LogP contribution in [0.4, 0.5) is 0 Å². The predicted molar refractivity (Wildman–Crippen MR) is 75.4 cm³/mol. The smallest absolute Gasteiger partial charge is 0.237 e. The number of hydrogen-bond donors (Lipinski definition) is 2. The van der Waals surface area contributed by atoms with Crippen LogP contribution in [0.3, 0.4) is 0 Å². The molecule has 0 fully saturated rings. The van der Waals surface area contributed by atoms with Crippen LogP contribution < -0.4 is 5.32 Å². The standard InChI is InChI=1S/C14H30N2O2/c1-8-11(16(6)7)13(18)15-9-14(4,5)12(17)10(2)3/h10-12,17H,8-9H2,1-7H3,(H,15,18). The molecule has 0 heterocycles. The Bertz CT molecular complexity index is 263. The number of nitrogens with zero attached hydrogens (tertiary/aromatic N) is 1. The molecule has 0 bridgehead atoms. The van der Waals surface area contributed by atoms with Gasteiger partial charge in [0.2, 0.25) is 5.91 Å². The molecule has 2 atom stereocenters. The van der Waals surface area contributed by atoms with Gasteiger partial charge in [-0.25, -0.2) is 0 Å². The molecule has 0 spiro atoms. The minimum absolute atomic E-state index is 0.0338. The molecule has 0 aliphatic heterocycles. The van der Waals surface area contributed by atoms with Crippen molar-refractivity contribution in [2.75, 3.05) is 20.6 Å². The van der Waals surface area contributed by atoms with Crippen molar-refractivity contribution in [1.29, 1.82) is 0 Å². The molecule has 0 rings (SSSR count). The van der Waals surface area contributed by atoms with Gasteiger partial charge in [-0.05, 0) is 26.4 Å². The van der Waals surface area contributed by atoms with Gasteiger partial charge in [0.15, 0.2) is 0 Å². The lowest BCUT2D eigenvalue weighted by Crippen LogP contribution is -2.49. The molecule has 0 saturated carbocycles. The number of rotatable bonds is 7. The van der Waals surface area contributed by atoms with Crippen LogP contribution in [-0.4, -0.2) is 48.7 Å². The Balaban J connectivity index is 4.43. The molecule has 2 N–H and O–H groups in total. The van der Waals surface area contributed by atoms with Crippen molar-refractivity contribution in [2.24, 2.45) is 11.3 Å². The normalized spacial score (nSPS) is 15.9. The van der Waals surface area contributed by atoms with Gasteiger partial charge in [-0.15, -0.1) is 0 Å². The van der Waals surface area contributed by atoms with E-state index < -0.39 is 6.10 Å². The van der Waals surface area contributed by atoms with Crippen LogP contribution in [0.2, 0.25) is 0 Å². The summed E-state index contributed by atoms with van der Waals surface area (Å²) in [6.07, 6.45) is 0.364. The summed E-state index contributed by atoms with van der Waals surface area (Å²) in [5, 5.41) is 13.1. The van der Waals surface area contributed by atoms with E-state index in [1.165, 1.54) is 0 Å². The first-order chi connectivity index (χ1) is 8.13. The van der Waals surface area contributed by atoms with Gasteiger partial charge in [-0.1, -0.05) is 34.6 Å². The number of aliphatic hydroxyl groups excluding tert-OH is 1. The lowest BCUT2D eigenvalue weighted by molar-refractivity contribution is -0.126. The zero-order chi connectivity index (χ0) is 14.5. The van der Waals surface area contributed by atoms with Crippen LogP contribution in [0.1, 0.15) is 41.0 Å². The summed E-state index contributed by atoms with van der Waals surface area (Å²) in [5.74, 6) is 0.222. The van der Waals surface area contributed by atoms with Crippen molar-refractivity contribution >= 4 is 5.91 Å². The molecule has 4 nitrogen and oxygen atoms in total. The fourth-order valence-electron chi connectivity index (χ4n) is 2.22. The Labute approximate surface area is 112 Å². The van der Waals surface area contributed by atoms with Crippen LogP contribution in [0.15, 0.2) is 0 Å². The number of carbonyl (C=O) groups is 1. The van der Waals surface area contributed by atoms with Gasteiger partial charge in [0.1, 0.15) is 0 Å². The van der Waals surface area contributed by atoms with Crippen LogP contribution in [0.5, 0.6) is 0 Å². The summed E-state index contributed by atoms with van der Waals surface area (Å²) in [7, 11) is 3.81. The van der Waals surface area contributed by atoms with E-state index in [0.717, 1.165) is 6.42 Å². The van der Waals surface area contributed by atoms with Gasteiger partial charge >= 0.3 is 0 Å². The number of nitrogens with one attached hydrogen (secondary N) is 1. The summed E-state index contributed by atoms with van der Waals surface area (Å²) in [4.78, 5) is 13.9. The molecule has 18 heavy (non-hydrogen) atoms. The lowest BCUT2D eigenvalue weighted by Gasteiger charge is -2.34. The first kappa shape index (κ1) is 17.4. The number of amides is 1. The van der Waals surface area contributed by atoms with Gasteiger partial charge in [0, 0.05) is 12.0 Å². The zero-order valence-electron chi connectivity index (χ0n) is 12.9. The zero-order valence-corrected chi connectivity index (χ0v) is 12.9. The number of likely N-dealkylation sites (N-methyl/N-ethyl adjacent to an activating group) is 1. The van der Waals surface area contributed by atoms with Crippen LogP contribution in [0, 0.1) is 11.3 Å². The van der Waals surface area contributed by atoms with Gasteiger partial charge < -0.3 is 10.4 Å². The molecule has 0 aromatic heterocycles. The molecule has 0 aliphatic rings. The number of hydrogen-bond acceptors (Lipinski definition) is 3. The summed E-state index contributed by atoms with van der Waals surface area (Å²) >= 11 is 0. The highest BCUT2D eigenvalue weighted by Gasteiger charge is 2.31. The quantitative estimate of drug-likeness (QED) is 0.727. The minimum atomic E-state index is -0.419. The average molecular weight is 258 g/mol. The third-order valence-electron chi connectivity index (χ3n) is 3.46. The van der Waals surface area contributed by atoms with Crippen molar-refractivity contribution in [3.05, 3.63) is 0 Å². The van der Waals surface area contributed by atoms with E-state index in [4.69, 9.17) is 0 Å². The molecule has 4 heteroatoms. The second-order valence-electron chi connectivity index (χ2n) is 6.28. The van der Waals surface area contributed by atoms with Gasteiger partial charge in [0.25, 0.3) is 0 Å². The molecule has 1 amide bonds. The highest BCUT2D eigenvalue weighted by molar-refractivity contribution is 5.81. The predicted octanol–water partition coefficient (Wildman–Crippen LogP) is 1.49. The SMILES string of the molecule is CCC(C(=O)NCC(C)(C)C(O)C(C)C)N(C)C. The Kier molecular flexibility index (Phi) is 6.86. The van der Waals surface area contributed by atoms with E-state index in [0.29, 0.717) is 6.54 Å². The number of carbonyl (C=O) groups excluding carboxylic acids is 1. The Morgan fingerprint density at radius 3 is 2.17 bits per heavy atom. The third-order valence-corrected chi connectivity index (χ3v) is 3.46. The van der Waals surface area contributed by atoms with Gasteiger partial charge in [-0.3, -0.25) is 9.69 Å². The van der Waals surface area contributed by atoms with E-state index in [-0.39, 0.29) is 23.3 Å². The molecular weight excluding hydrogens is 228 g/mol. The molecule has 0 saturated heterocycles. The summed E-state index contributed by atoms with van der Waals surface area (Å²) in [6.45, 7) is 10.4. The minimum Gasteiger partial charge on any atom is -0.392 e. The van der Waals surface area contributed by atoms with Crippen molar-refractivity contribution in [1.82, 2.24) is 10.2 Å².